The van der Waals surface area contributed by atoms with E-state index in [1.807, 2.05) is 78.9 Å². The average molecular weight is 469 g/mol. The third-order valence-electron chi connectivity index (χ3n) is 5.60. The summed E-state index contributed by atoms with van der Waals surface area (Å²) in [5, 5.41) is 0. The van der Waals surface area contributed by atoms with Gasteiger partial charge in [-0.05, 0) is 36.1 Å². The van der Waals surface area contributed by atoms with Crippen molar-refractivity contribution in [1.29, 1.82) is 0 Å². The van der Waals surface area contributed by atoms with Crippen molar-refractivity contribution in [3.8, 4) is 5.75 Å². The summed E-state index contributed by atoms with van der Waals surface area (Å²) in [5.41, 5.74) is 1.06. The Labute approximate surface area is 197 Å². The number of hydrogen-bond donors (Lipinski definition) is 1. The molecule has 0 aliphatic heterocycles. The second-order valence-corrected chi connectivity index (χ2v) is 10.7. The van der Waals surface area contributed by atoms with E-state index in [2.05, 4.69) is 6.92 Å². The van der Waals surface area contributed by atoms with Crippen molar-refractivity contribution in [2.45, 2.75) is 57.5 Å². The normalized spacial score (nSPS) is 13.4. The zero-order chi connectivity index (χ0) is 22.7. The van der Waals surface area contributed by atoms with Crippen molar-refractivity contribution in [3.05, 3.63) is 102 Å². The van der Waals surface area contributed by atoms with Crippen molar-refractivity contribution in [2.24, 2.45) is 0 Å². The molecule has 1 N–H and O–H groups in total. The second-order valence-electron chi connectivity index (χ2n) is 8.04. The topological polar surface area (TPSA) is 38.7 Å². The number of hydrogen-bond acceptors (Lipinski definition) is 3. The number of para-hydroxylation sites is 1. The van der Waals surface area contributed by atoms with Gasteiger partial charge in [0.2, 0.25) is 0 Å². The van der Waals surface area contributed by atoms with E-state index >= 15 is 0 Å². The van der Waals surface area contributed by atoms with Gasteiger partial charge in [-0.25, -0.2) is 0 Å². The lowest BCUT2D eigenvalue weighted by Gasteiger charge is -2.37. The molecule has 170 valence electrons. The van der Waals surface area contributed by atoms with Gasteiger partial charge >= 0.3 is 6.72 Å². The first-order chi connectivity index (χ1) is 15.6. The summed E-state index contributed by atoms with van der Waals surface area (Å²) in [7, 11) is 0. The summed E-state index contributed by atoms with van der Waals surface area (Å²) >= 11 is 5.53. The van der Waals surface area contributed by atoms with Gasteiger partial charge in [0.1, 0.15) is 11.4 Å². The van der Waals surface area contributed by atoms with Crippen LogP contribution < -0.4 is 4.52 Å². The minimum atomic E-state index is -3.60. The minimum absolute atomic E-state index is 0.507. The minimum Gasteiger partial charge on any atom is -0.424 e. The fourth-order valence-electron chi connectivity index (χ4n) is 4.01. The Balaban J connectivity index is 1.93. The summed E-state index contributed by atoms with van der Waals surface area (Å²) in [5.74, 6) is 0.507. The van der Waals surface area contributed by atoms with Gasteiger partial charge < -0.3 is 9.42 Å². The van der Waals surface area contributed by atoms with Crippen LogP contribution in [0.4, 0.5) is 0 Å². The van der Waals surface area contributed by atoms with Gasteiger partial charge in [0.05, 0.1) is 0 Å². The summed E-state index contributed by atoms with van der Waals surface area (Å²) in [6.07, 6.45) is 7.72. The van der Waals surface area contributed by atoms with E-state index in [-0.39, 0.29) is 0 Å². The van der Waals surface area contributed by atoms with Crippen molar-refractivity contribution < 1.29 is 13.9 Å². The molecule has 3 nitrogen and oxygen atoms in total. The molecule has 0 aliphatic rings. The first-order valence-corrected chi connectivity index (χ1v) is 14.0. The Morgan fingerprint density at radius 2 is 1.19 bits per heavy atom. The molecule has 3 aromatic carbocycles. The van der Waals surface area contributed by atoms with E-state index in [0.717, 1.165) is 24.0 Å². The summed E-state index contributed by atoms with van der Waals surface area (Å²) in [4.78, 5) is 11.2. The predicted molar refractivity (Wildman–Crippen MR) is 136 cm³/mol. The van der Waals surface area contributed by atoms with Crippen LogP contribution in [-0.2, 0) is 21.9 Å². The third-order valence-corrected chi connectivity index (χ3v) is 7.03. The van der Waals surface area contributed by atoms with Gasteiger partial charge in [-0.15, -0.1) is 0 Å². The van der Waals surface area contributed by atoms with Crippen LogP contribution in [0.25, 0.3) is 0 Å². The Morgan fingerprint density at radius 3 is 1.72 bits per heavy atom. The van der Waals surface area contributed by atoms with E-state index in [1.165, 1.54) is 25.7 Å². The van der Waals surface area contributed by atoms with Gasteiger partial charge in [-0.3, -0.25) is 4.52 Å². The quantitative estimate of drug-likeness (QED) is 0.204. The monoisotopic (exact) mass is 468 g/mol. The maximum absolute atomic E-state index is 11.2. The molecule has 1 unspecified atom stereocenters. The highest BCUT2D eigenvalue weighted by atomic mass is 32.5. The van der Waals surface area contributed by atoms with Gasteiger partial charge in [0.25, 0.3) is 0 Å². The van der Waals surface area contributed by atoms with E-state index in [4.69, 9.17) is 20.9 Å². The van der Waals surface area contributed by atoms with E-state index in [1.54, 1.807) is 12.1 Å². The third kappa shape index (κ3) is 7.02. The first kappa shape index (κ1) is 24.7. The van der Waals surface area contributed by atoms with Crippen LogP contribution in [0.5, 0.6) is 5.75 Å². The molecule has 1 atom stereocenters. The molecule has 0 saturated carbocycles. The Morgan fingerprint density at radius 1 is 0.719 bits per heavy atom. The fourth-order valence-corrected chi connectivity index (χ4v) is 5.77. The molecule has 0 heterocycles. The highest BCUT2D eigenvalue weighted by molar-refractivity contribution is 8.07. The van der Waals surface area contributed by atoms with Crippen molar-refractivity contribution in [2.75, 3.05) is 0 Å². The lowest BCUT2D eigenvalue weighted by atomic mass is 9.82. The molecule has 3 aromatic rings. The summed E-state index contributed by atoms with van der Waals surface area (Å²) < 4.78 is 12.3. The zero-order valence-electron chi connectivity index (χ0n) is 18.7. The molecule has 32 heavy (non-hydrogen) atoms. The van der Waals surface area contributed by atoms with E-state index in [9.17, 15) is 4.89 Å². The molecule has 0 aromatic heterocycles. The molecule has 5 heteroatoms. The van der Waals surface area contributed by atoms with Crippen LogP contribution in [0.2, 0.25) is 0 Å². The predicted octanol–water partition coefficient (Wildman–Crippen LogP) is 7.99. The van der Waals surface area contributed by atoms with Crippen LogP contribution in [-0.4, -0.2) is 4.89 Å². The molecule has 0 fully saturated rings. The SMILES string of the molecule is CCCCCCCCC(OP(O)(=S)Oc1ccccc1)(c1ccccc1)c1ccccc1. The van der Waals surface area contributed by atoms with Crippen LogP contribution in [0.3, 0.4) is 0 Å². The zero-order valence-corrected chi connectivity index (χ0v) is 20.4. The summed E-state index contributed by atoms with van der Waals surface area (Å²) in [6.45, 7) is -1.37. The molecule has 0 aliphatic carbocycles. The van der Waals surface area contributed by atoms with E-state index < -0.39 is 12.3 Å². The maximum Gasteiger partial charge on any atom is 0.379 e. The molecule has 0 amide bonds. The van der Waals surface area contributed by atoms with Gasteiger partial charge in [-0.2, -0.15) is 0 Å². The molecule has 0 spiro atoms. The standard InChI is InChI=1S/C27H33O3PS/c1-2-3-4-5-6-16-23-27(24-17-10-7-11-18-24,25-19-12-8-13-20-25)30-31(28,32)29-26-21-14-9-15-22-26/h7-15,17-22H,2-6,16,23H2,1H3,(H,28,32). The molecule has 0 radical (unpaired) electrons. The lowest BCUT2D eigenvalue weighted by Crippen LogP contribution is -2.31. The highest BCUT2D eigenvalue weighted by Gasteiger charge is 2.40. The Kier molecular flexibility index (Phi) is 9.50. The van der Waals surface area contributed by atoms with E-state index in [0.29, 0.717) is 12.2 Å². The molecule has 3 rings (SSSR count). The Hall–Kier alpha value is -1.97. The number of unbranched alkanes of at least 4 members (excludes halogenated alkanes) is 5. The van der Waals surface area contributed by atoms with Crippen molar-refractivity contribution in [3.63, 3.8) is 0 Å². The molecule has 0 saturated heterocycles. The second kappa shape index (κ2) is 12.3. The largest absolute Gasteiger partial charge is 0.424 e. The average Bonchev–Trinajstić information content (AvgIpc) is 2.82. The van der Waals surface area contributed by atoms with Crippen LogP contribution >= 0.6 is 6.72 Å². The maximum atomic E-state index is 11.2. The molecular weight excluding hydrogens is 435 g/mol. The number of benzene rings is 3. The Bertz CT molecular complexity index is 924. The van der Waals surface area contributed by atoms with Crippen LogP contribution in [0.15, 0.2) is 91.0 Å². The highest BCUT2D eigenvalue weighted by Crippen LogP contribution is 2.54. The smallest absolute Gasteiger partial charge is 0.379 e. The van der Waals surface area contributed by atoms with Crippen molar-refractivity contribution in [1.82, 2.24) is 0 Å². The fraction of sp³-hybridized carbons (Fsp3) is 0.333. The first-order valence-electron chi connectivity index (χ1n) is 11.4. The lowest BCUT2D eigenvalue weighted by molar-refractivity contribution is 0.0798. The number of rotatable bonds is 13. The van der Waals surface area contributed by atoms with Crippen LogP contribution in [0, 0.1) is 0 Å². The van der Waals surface area contributed by atoms with Gasteiger partial charge in [0, 0.05) is 11.8 Å². The van der Waals surface area contributed by atoms with Gasteiger partial charge in [0.15, 0.2) is 0 Å². The van der Waals surface area contributed by atoms with Crippen molar-refractivity contribution >= 4 is 18.5 Å². The molecular formula is C27H33O3PS. The van der Waals surface area contributed by atoms with Gasteiger partial charge in [-0.1, -0.05) is 118 Å². The molecule has 0 bridgehead atoms. The summed E-state index contributed by atoms with van der Waals surface area (Å²) in [6, 6.07) is 29.3. The van der Waals surface area contributed by atoms with Crippen LogP contribution in [0.1, 0.15) is 63.0 Å².